The highest BCUT2D eigenvalue weighted by atomic mass is 16.3. The Balaban J connectivity index is 1.63. The van der Waals surface area contributed by atoms with Gasteiger partial charge >= 0.3 is 0 Å². The maximum absolute atomic E-state index is 12.6. The van der Waals surface area contributed by atoms with Gasteiger partial charge in [-0.3, -0.25) is 9.48 Å². The quantitative estimate of drug-likeness (QED) is 0.856. The summed E-state index contributed by atoms with van der Waals surface area (Å²) in [6.45, 7) is 1.87. The van der Waals surface area contributed by atoms with Crippen molar-refractivity contribution < 1.29 is 9.90 Å². The first kappa shape index (κ1) is 18.6. The van der Waals surface area contributed by atoms with Crippen LogP contribution in [0.1, 0.15) is 24.8 Å². The normalized spacial score (nSPS) is 23.4. The summed E-state index contributed by atoms with van der Waals surface area (Å²) in [4.78, 5) is 16.6. The van der Waals surface area contributed by atoms with Gasteiger partial charge in [0.1, 0.15) is 5.60 Å². The Hall–Kier alpha value is -2.18. The van der Waals surface area contributed by atoms with Crippen molar-refractivity contribution in [2.75, 3.05) is 27.2 Å². The molecule has 1 fully saturated rings. The lowest BCUT2D eigenvalue weighted by Crippen LogP contribution is -2.60. The van der Waals surface area contributed by atoms with Gasteiger partial charge in [-0.1, -0.05) is 30.3 Å². The minimum atomic E-state index is -0.934. The average molecular weight is 356 g/mol. The van der Waals surface area contributed by atoms with Crippen molar-refractivity contribution in [3.63, 3.8) is 0 Å². The Morgan fingerprint density at radius 1 is 1.31 bits per heavy atom. The monoisotopic (exact) mass is 356 g/mol. The summed E-state index contributed by atoms with van der Waals surface area (Å²) in [6.07, 6.45) is 5.48. The largest absolute Gasteiger partial charge is 0.383 e. The van der Waals surface area contributed by atoms with Crippen LogP contribution in [0.4, 0.5) is 0 Å². The standard InChI is InChI=1S/C20H28N4O2/c1-22(2)18-16-23(19(25)10-6-13-24-14-7-12-21-24)15-11-20(18,26)17-8-4-3-5-9-17/h3-5,7-9,12,14,18,26H,6,10-11,13,15-16H2,1-2H3/t18-,20+/m1/s1. The van der Waals surface area contributed by atoms with Crippen molar-refractivity contribution in [2.45, 2.75) is 37.5 Å². The molecular weight excluding hydrogens is 328 g/mol. The van der Waals surface area contributed by atoms with E-state index in [-0.39, 0.29) is 11.9 Å². The second-order valence-corrected chi connectivity index (χ2v) is 7.23. The van der Waals surface area contributed by atoms with Crippen LogP contribution in [0.3, 0.4) is 0 Å². The van der Waals surface area contributed by atoms with Crippen LogP contribution in [0.25, 0.3) is 0 Å². The van der Waals surface area contributed by atoms with E-state index in [9.17, 15) is 9.90 Å². The molecular formula is C20H28N4O2. The third-order valence-corrected chi connectivity index (χ3v) is 5.29. The number of carbonyl (C=O) groups excluding carboxylic acids is 1. The summed E-state index contributed by atoms with van der Waals surface area (Å²) in [6, 6.07) is 11.6. The van der Waals surface area contributed by atoms with Crippen molar-refractivity contribution in [1.82, 2.24) is 19.6 Å². The maximum atomic E-state index is 12.6. The number of aryl methyl sites for hydroxylation is 1. The number of aromatic nitrogens is 2. The lowest BCUT2D eigenvalue weighted by molar-refractivity contribution is -0.142. The highest BCUT2D eigenvalue weighted by Crippen LogP contribution is 2.35. The van der Waals surface area contributed by atoms with Crippen molar-refractivity contribution in [2.24, 2.45) is 0 Å². The molecule has 6 heteroatoms. The van der Waals surface area contributed by atoms with E-state index in [0.717, 1.165) is 18.5 Å². The molecule has 0 bridgehead atoms. The SMILES string of the molecule is CN(C)[C@@H]1CN(C(=O)CCCn2cccn2)CC[C@]1(O)c1ccccc1. The number of piperidine rings is 1. The van der Waals surface area contributed by atoms with Crippen LogP contribution in [0, 0.1) is 0 Å². The molecule has 0 unspecified atom stereocenters. The van der Waals surface area contributed by atoms with Crippen molar-refractivity contribution >= 4 is 5.91 Å². The Morgan fingerprint density at radius 3 is 2.73 bits per heavy atom. The van der Waals surface area contributed by atoms with Crippen LogP contribution >= 0.6 is 0 Å². The number of amides is 1. The molecule has 3 rings (SSSR count). The minimum absolute atomic E-state index is 0.131. The van der Waals surface area contributed by atoms with E-state index in [2.05, 4.69) is 5.10 Å². The lowest BCUT2D eigenvalue weighted by Gasteiger charge is -2.47. The van der Waals surface area contributed by atoms with Gasteiger partial charge in [-0.05, 0) is 38.6 Å². The van der Waals surface area contributed by atoms with E-state index < -0.39 is 5.60 Å². The summed E-state index contributed by atoms with van der Waals surface area (Å²) < 4.78 is 1.85. The van der Waals surface area contributed by atoms with Crippen LogP contribution in [-0.2, 0) is 16.9 Å². The number of hydrogen-bond donors (Lipinski definition) is 1. The highest BCUT2D eigenvalue weighted by Gasteiger charge is 2.44. The van der Waals surface area contributed by atoms with E-state index in [1.807, 2.05) is 71.2 Å². The molecule has 26 heavy (non-hydrogen) atoms. The minimum Gasteiger partial charge on any atom is -0.383 e. The predicted molar refractivity (Wildman–Crippen MR) is 100 cm³/mol. The van der Waals surface area contributed by atoms with E-state index in [1.54, 1.807) is 6.20 Å². The predicted octanol–water partition coefficient (Wildman–Crippen LogP) is 1.71. The molecule has 140 valence electrons. The van der Waals surface area contributed by atoms with Gasteiger partial charge in [0.05, 0.1) is 6.04 Å². The molecule has 0 aliphatic carbocycles. The summed E-state index contributed by atoms with van der Waals surface area (Å²) in [7, 11) is 3.93. The second-order valence-electron chi connectivity index (χ2n) is 7.23. The first-order valence-corrected chi connectivity index (χ1v) is 9.20. The topological polar surface area (TPSA) is 61.6 Å². The van der Waals surface area contributed by atoms with Crippen molar-refractivity contribution in [1.29, 1.82) is 0 Å². The molecule has 6 nitrogen and oxygen atoms in total. The fourth-order valence-corrected chi connectivity index (χ4v) is 3.79. The van der Waals surface area contributed by atoms with Crippen molar-refractivity contribution in [3.05, 3.63) is 54.4 Å². The van der Waals surface area contributed by atoms with Crippen LogP contribution in [0.15, 0.2) is 48.8 Å². The average Bonchev–Trinajstić information content (AvgIpc) is 3.16. The third kappa shape index (κ3) is 3.97. The Labute approximate surface area is 155 Å². The smallest absolute Gasteiger partial charge is 0.222 e. The zero-order chi connectivity index (χ0) is 18.6. The lowest BCUT2D eigenvalue weighted by atomic mass is 9.79. The summed E-state index contributed by atoms with van der Waals surface area (Å²) in [5.41, 5.74) is -0.0131. The van der Waals surface area contributed by atoms with Gasteiger partial charge in [0.15, 0.2) is 0 Å². The molecule has 1 aromatic carbocycles. The van der Waals surface area contributed by atoms with Gasteiger partial charge in [-0.15, -0.1) is 0 Å². The second kappa shape index (κ2) is 8.01. The van der Waals surface area contributed by atoms with E-state index in [4.69, 9.17) is 0 Å². The van der Waals surface area contributed by atoms with Gasteiger partial charge in [0, 0.05) is 38.4 Å². The highest BCUT2D eigenvalue weighted by molar-refractivity contribution is 5.76. The van der Waals surface area contributed by atoms with Gasteiger partial charge in [-0.2, -0.15) is 5.10 Å². The van der Waals surface area contributed by atoms with Gasteiger partial charge in [0.2, 0.25) is 5.91 Å². The zero-order valence-corrected chi connectivity index (χ0v) is 15.6. The number of rotatable bonds is 6. The molecule has 2 atom stereocenters. The fraction of sp³-hybridized carbons (Fsp3) is 0.500. The van der Waals surface area contributed by atoms with Crippen LogP contribution in [-0.4, -0.2) is 63.8 Å². The van der Waals surface area contributed by atoms with Crippen molar-refractivity contribution in [3.8, 4) is 0 Å². The first-order valence-electron chi connectivity index (χ1n) is 9.20. The fourth-order valence-electron chi connectivity index (χ4n) is 3.79. The van der Waals surface area contributed by atoms with E-state index in [0.29, 0.717) is 25.9 Å². The number of nitrogens with zero attached hydrogens (tertiary/aromatic N) is 4. The summed E-state index contributed by atoms with van der Waals surface area (Å²) in [5, 5.41) is 15.5. The molecule has 2 aromatic rings. The molecule has 0 radical (unpaired) electrons. The molecule has 1 saturated heterocycles. The maximum Gasteiger partial charge on any atom is 0.222 e. The molecule has 1 aromatic heterocycles. The van der Waals surface area contributed by atoms with Gasteiger partial charge in [0.25, 0.3) is 0 Å². The Bertz CT molecular complexity index is 702. The number of likely N-dealkylation sites (tertiary alicyclic amines) is 1. The van der Waals surface area contributed by atoms with E-state index in [1.165, 1.54) is 0 Å². The van der Waals surface area contributed by atoms with Crippen LogP contribution in [0.5, 0.6) is 0 Å². The number of aliphatic hydroxyl groups is 1. The molecule has 0 saturated carbocycles. The van der Waals surface area contributed by atoms with E-state index >= 15 is 0 Å². The Morgan fingerprint density at radius 2 is 2.08 bits per heavy atom. The number of hydrogen-bond acceptors (Lipinski definition) is 4. The first-order chi connectivity index (χ1) is 12.5. The molecule has 1 amide bonds. The summed E-state index contributed by atoms with van der Waals surface area (Å²) >= 11 is 0. The number of likely N-dealkylation sites (N-methyl/N-ethyl adjacent to an activating group) is 1. The molecule has 1 aliphatic heterocycles. The molecule has 2 heterocycles. The number of benzene rings is 1. The van der Waals surface area contributed by atoms with Gasteiger partial charge < -0.3 is 14.9 Å². The molecule has 0 spiro atoms. The molecule has 1 aliphatic rings. The number of carbonyl (C=O) groups is 1. The van der Waals surface area contributed by atoms with Crippen LogP contribution < -0.4 is 0 Å². The summed E-state index contributed by atoms with van der Waals surface area (Å²) in [5.74, 6) is 0.152. The molecule has 1 N–H and O–H groups in total. The Kier molecular flexibility index (Phi) is 5.74. The third-order valence-electron chi connectivity index (χ3n) is 5.29. The zero-order valence-electron chi connectivity index (χ0n) is 15.6. The van der Waals surface area contributed by atoms with Gasteiger partial charge in [-0.25, -0.2) is 0 Å². The van der Waals surface area contributed by atoms with Crippen LogP contribution in [0.2, 0.25) is 0 Å².